The SMILES string of the molecule is C=C1/C(=C\C=C2/CCC[C@]3(C)C([C@@H](C)C/C=C/C(=N/OC)C(F)(F)F)=CC[C@@H]23)C[C@@H](O)C[C@@H]1O. The lowest BCUT2D eigenvalue weighted by molar-refractivity contribution is -0.0604. The lowest BCUT2D eigenvalue weighted by Gasteiger charge is -2.42. The van der Waals surface area contributed by atoms with E-state index < -0.39 is 24.1 Å². The van der Waals surface area contributed by atoms with Gasteiger partial charge >= 0.3 is 6.18 Å². The number of aliphatic hydroxyl groups is 2. The standard InChI is InChI=1S/C27H36F3NO3/c1-17(7-5-9-25(31-34-4)27(28,29)30)22-12-13-23-19(8-6-14-26(22,23)3)10-11-20-15-21(32)16-24(33)18(20)2/h5,9-12,17,21,23-24,32-33H,2,6-8,13-16H2,1,3-4H3/b9-5+,19-10+,20-11-,31-25-/t17-,21+,23-,24-,26+/m0/s1. The van der Waals surface area contributed by atoms with Gasteiger partial charge in [-0.2, -0.15) is 13.2 Å². The number of alkyl halides is 3. The molecule has 0 aliphatic heterocycles. The summed E-state index contributed by atoms with van der Waals surface area (Å²) in [5.74, 6) is 0.469. The topological polar surface area (TPSA) is 62.0 Å². The van der Waals surface area contributed by atoms with E-state index in [1.807, 2.05) is 6.08 Å². The number of allylic oxidation sites excluding steroid dienone is 7. The molecule has 0 saturated heterocycles. The highest BCUT2D eigenvalue weighted by atomic mass is 19.4. The van der Waals surface area contributed by atoms with Gasteiger partial charge in [0.05, 0.1) is 12.2 Å². The van der Waals surface area contributed by atoms with E-state index in [9.17, 15) is 23.4 Å². The predicted octanol–water partition coefficient (Wildman–Crippen LogP) is 6.19. The fourth-order valence-corrected chi connectivity index (χ4v) is 5.87. The van der Waals surface area contributed by atoms with Crippen molar-refractivity contribution >= 4 is 5.71 Å². The van der Waals surface area contributed by atoms with E-state index >= 15 is 0 Å². The molecule has 3 rings (SSSR count). The quantitative estimate of drug-likeness (QED) is 0.271. The molecule has 0 aromatic rings. The Kier molecular flexibility index (Phi) is 8.30. The number of fused-ring (bicyclic) bond motifs is 1. The highest BCUT2D eigenvalue weighted by Gasteiger charge is 2.45. The number of hydrogen-bond acceptors (Lipinski definition) is 4. The van der Waals surface area contributed by atoms with Gasteiger partial charge in [0, 0.05) is 6.42 Å². The normalized spacial score (nSPS) is 34.0. The predicted molar refractivity (Wildman–Crippen MR) is 128 cm³/mol. The Balaban J connectivity index is 1.73. The lowest BCUT2D eigenvalue weighted by Crippen LogP contribution is -2.32. The van der Waals surface area contributed by atoms with Crippen molar-refractivity contribution in [2.45, 2.75) is 77.2 Å². The second-order valence-electron chi connectivity index (χ2n) is 9.98. The molecule has 188 valence electrons. The van der Waals surface area contributed by atoms with Crippen LogP contribution < -0.4 is 0 Å². The Labute approximate surface area is 200 Å². The molecule has 0 amide bonds. The summed E-state index contributed by atoms with van der Waals surface area (Å²) in [5, 5.41) is 23.2. The maximum absolute atomic E-state index is 13.0. The van der Waals surface area contributed by atoms with Gasteiger partial charge in [0.2, 0.25) is 0 Å². The van der Waals surface area contributed by atoms with Crippen LogP contribution in [0.25, 0.3) is 0 Å². The van der Waals surface area contributed by atoms with Crippen molar-refractivity contribution in [3.63, 3.8) is 0 Å². The van der Waals surface area contributed by atoms with Gasteiger partial charge in [-0.15, -0.1) is 0 Å². The van der Waals surface area contributed by atoms with Gasteiger partial charge in [-0.1, -0.05) is 61.0 Å². The first kappa shape index (κ1) is 26.5. The summed E-state index contributed by atoms with van der Waals surface area (Å²) in [7, 11) is 1.10. The highest BCUT2D eigenvalue weighted by molar-refractivity contribution is 5.99. The molecule has 34 heavy (non-hydrogen) atoms. The molecule has 7 heteroatoms. The first-order valence-corrected chi connectivity index (χ1v) is 12.0. The first-order valence-electron chi connectivity index (χ1n) is 12.0. The van der Waals surface area contributed by atoms with E-state index in [1.165, 1.54) is 17.2 Å². The van der Waals surface area contributed by atoms with Crippen molar-refractivity contribution in [3.05, 3.63) is 59.3 Å². The summed E-state index contributed by atoms with van der Waals surface area (Å²) in [6.45, 7) is 8.34. The number of halogens is 3. The number of nitrogens with zero attached hydrogens (tertiary/aromatic N) is 1. The van der Waals surface area contributed by atoms with Gasteiger partial charge < -0.3 is 15.1 Å². The Bertz CT molecular complexity index is 928. The van der Waals surface area contributed by atoms with E-state index in [2.05, 4.69) is 42.6 Å². The molecular formula is C27H36F3NO3. The third kappa shape index (κ3) is 5.74. The van der Waals surface area contributed by atoms with Crippen LogP contribution in [0.15, 0.2) is 64.4 Å². The van der Waals surface area contributed by atoms with Gasteiger partial charge in [0.25, 0.3) is 0 Å². The monoisotopic (exact) mass is 479 g/mol. The van der Waals surface area contributed by atoms with Crippen molar-refractivity contribution in [3.8, 4) is 0 Å². The summed E-state index contributed by atoms with van der Waals surface area (Å²) < 4.78 is 39.0. The van der Waals surface area contributed by atoms with E-state index in [4.69, 9.17) is 0 Å². The average molecular weight is 480 g/mol. The van der Waals surface area contributed by atoms with E-state index in [0.717, 1.165) is 44.4 Å². The fraction of sp³-hybridized carbons (Fsp3) is 0.593. The van der Waals surface area contributed by atoms with Crippen molar-refractivity contribution in [2.24, 2.45) is 22.4 Å². The molecule has 2 fully saturated rings. The average Bonchev–Trinajstić information content (AvgIpc) is 3.11. The van der Waals surface area contributed by atoms with Crippen LogP contribution in [0.3, 0.4) is 0 Å². The molecule has 0 spiro atoms. The molecule has 4 nitrogen and oxygen atoms in total. The van der Waals surface area contributed by atoms with Crippen molar-refractivity contribution in [1.29, 1.82) is 0 Å². The Morgan fingerprint density at radius 3 is 2.76 bits per heavy atom. The van der Waals surface area contributed by atoms with Crippen LogP contribution in [0.5, 0.6) is 0 Å². The highest BCUT2D eigenvalue weighted by Crippen LogP contribution is 2.57. The molecule has 0 aromatic carbocycles. The summed E-state index contributed by atoms with van der Waals surface area (Å²) in [4.78, 5) is 4.33. The maximum atomic E-state index is 13.0. The van der Waals surface area contributed by atoms with Crippen molar-refractivity contribution in [2.75, 3.05) is 7.11 Å². The van der Waals surface area contributed by atoms with Crippen molar-refractivity contribution < 1.29 is 28.2 Å². The van der Waals surface area contributed by atoms with Crippen molar-refractivity contribution in [1.82, 2.24) is 0 Å². The summed E-state index contributed by atoms with van der Waals surface area (Å²) in [6.07, 6.45) is 8.48. The minimum Gasteiger partial charge on any atom is -0.399 e. The number of oxime groups is 1. The molecule has 0 heterocycles. The summed E-state index contributed by atoms with van der Waals surface area (Å²) in [5.41, 5.74) is 3.18. The molecule has 3 aliphatic carbocycles. The fourth-order valence-electron chi connectivity index (χ4n) is 5.87. The van der Waals surface area contributed by atoms with Gasteiger partial charge in [-0.25, -0.2) is 0 Å². The molecular weight excluding hydrogens is 443 g/mol. The van der Waals surface area contributed by atoms with Gasteiger partial charge in [-0.05, 0) is 73.0 Å². The first-order chi connectivity index (χ1) is 16.0. The second kappa shape index (κ2) is 10.6. The van der Waals surface area contributed by atoms with E-state index in [-0.39, 0.29) is 11.3 Å². The van der Waals surface area contributed by atoms with E-state index in [1.54, 1.807) is 0 Å². The summed E-state index contributed by atoms with van der Waals surface area (Å²) >= 11 is 0. The number of hydrogen-bond donors (Lipinski definition) is 2. The molecule has 2 N–H and O–H groups in total. The third-order valence-electron chi connectivity index (χ3n) is 7.65. The number of rotatable bonds is 6. The van der Waals surface area contributed by atoms with E-state index in [0.29, 0.717) is 30.8 Å². The Morgan fingerprint density at radius 1 is 1.35 bits per heavy atom. The van der Waals surface area contributed by atoms with Crippen LogP contribution >= 0.6 is 0 Å². The van der Waals surface area contributed by atoms with Gasteiger partial charge in [0.1, 0.15) is 7.11 Å². The Morgan fingerprint density at radius 2 is 2.09 bits per heavy atom. The molecule has 0 aromatic heterocycles. The minimum atomic E-state index is -4.55. The minimum absolute atomic E-state index is 0.0219. The molecule has 0 radical (unpaired) electrons. The van der Waals surface area contributed by atoms with Gasteiger partial charge in [0.15, 0.2) is 5.71 Å². The number of aliphatic hydroxyl groups excluding tert-OH is 2. The van der Waals surface area contributed by atoms with Crippen LogP contribution in [0.1, 0.15) is 58.8 Å². The zero-order valence-electron chi connectivity index (χ0n) is 20.2. The molecule has 3 aliphatic rings. The van der Waals surface area contributed by atoms with Crippen LogP contribution in [0.4, 0.5) is 13.2 Å². The molecule has 2 saturated carbocycles. The smallest absolute Gasteiger partial charge is 0.399 e. The van der Waals surface area contributed by atoms with Crippen LogP contribution in [-0.4, -0.2) is 41.4 Å². The summed E-state index contributed by atoms with van der Waals surface area (Å²) in [6, 6.07) is 0. The molecule has 5 atom stereocenters. The molecule has 0 unspecified atom stereocenters. The van der Waals surface area contributed by atoms with Crippen LogP contribution in [-0.2, 0) is 4.84 Å². The second-order valence-corrected chi connectivity index (χ2v) is 9.98. The largest absolute Gasteiger partial charge is 0.436 e. The maximum Gasteiger partial charge on any atom is 0.436 e. The lowest BCUT2D eigenvalue weighted by atomic mass is 9.62. The third-order valence-corrected chi connectivity index (χ3v) is 7.65. The van der Waals surface area contributed by atoms with Crippen LogP contribution in [0, 0.1) is 17.3 Å². The zero-order chi connectivity index (χ0) is 25.1. The van der Waals surface area contributed by atoms with Crippen LogP contribution in [0.2, 0.25) is 0 Å². The molecule has 0 bridgehead atoms. The Hall–Kier alpha value is -2.12. The zero-order valence-corrected chi connectivity index (χ0v) is 20.2. The van der Waals surface area contributed by atoms with Gasteiger partial charge in [-0.3, -0.25) is 0 Å².